The van der Waals surface area contributed by atoms with E-state index < -0.39 is 0 Å². The van der Waals surface area contributed by atoms with Crippen molar-refractivity contribution in [1.82, 2.24) is 10.3 Å². The van der Waals surface area contributed by atoms with E-state index in [0.29, 0.717) is 23.4 Å². The molecule has 5 heteroatoms. The van der Waals surface area contributed by atoms with Gasteiger partial charge in [-0.1, -0.05) is 29.3 Å². The van der Waals surface area contributed by atoms with Crippen LogP contribution in [0.15, 0.2) is 12.1 Å². The fourth-order valence-electron chi connectivity index (χ4n) is 0.898. The zero-order valence-electron chi connectivity index (χ0n) is 7.06. The first-order chi connectivity index (χ1) is 6.24. The third-order valence-electron chi connectivity index (χ3n) is 1.53. The monoisotopic (exact) mass is 219 g/mol. The van der Waals surface area contributed by atoms with Crippen LogP contribution in [0.2, 0.25) is 10.3 Å². The number of nitrogens with one attached hydrogen (secondary N) is 1. The summed E-state index contributed by atoms with van der Waals surface area (Å²) in [5.74, 6) is 0. The van der Waals surface area contributed by atoms with E-state index in [0.717, 1.165) is 12.1 Å². The molecule has 0 radical (unpaired) electrons. The minimum atomic E-state index is 0.410. The van der Waals surface area contributed by atoms with Gasteiger partial charge in [-0.2, -0.15) is 0 Å². The first kappa shape index (κ1) is 10.7. The molecule has 1 heterocycles. The molecule has 0 atom stereocenters. The predicted molar refractivity (Wildman–Crippen MR) is 55.0 cm³/mol. The Kier molecular flexibility index (Phi) is 4.45. The molecule has 0 fully saturated rings. The van der Waals surface area contributed by atoms with Crippen molar-refractivity contribution in [2.45, 2.75) is 6.54 Å². The fraction of sp³-hybridized carbons (Fsp3) is 0.375. The Bertz CT molecular complexity index is 278. The predicted octanol–water partition coefficient (Wildman–Crippen LogP) is 1.44. The minimum Gasteiger partial charge on any atom is -0.329 e. The first-order valence-electron chi connectivity index (χ1n) is 3.95. The van der Waals surface area contributed by atoms with E-state index in [9.17, 15) is 0 Å². The van der Waals surface area contributed by atoms with Crippen molar-refractivity contribution in [3.05, 3.63) is 28.0 Å². The second-order valence-corrected chi connectivity index (χ2v) is 3.29. The van der Waals surface area contributed by atoms with Crippen LogP contribution in [-0.4, -0.2) is 18.1 Å². The smallest absolute Gasteiger partial charge is 0.135 e. The van der Waals surface area contributed by atoms with Gasteiger partial charge in [0.05, 0.1) is 0 Å². The standard InChI is InChI=1S/C8H11Cl2N3/c9-7-2-1-6(8(10)13-7)5-12-4-3-11/h1-2,12H,3-5,11H2. The number of rotatable bonds is 4. The highest BCUT2D eigenvalue weighted by atomic mass is 35.5. The van der Waals surface area contributed by atoms with E-state index in [2.05, 4.69) is 10.3 Å². The molecule has 0 unspecified atom stereocenters. The van der Waals surface area contributed by atoms with Gasteiger partial charge in [0.15, 0.2) is 0 Å². The molecule has 3 N–H and O–H groups in total. The van der Waals surface area contributed by atoms with Crippen molar-refractivity contribution in [1.29, 1.82) is 0 Å². The van der Waals surface area contributed by atoms with Crippen LogP contribution >= 0.6 is 23.2 Å². The van der Waals surface area contributed by atoms with Crippen molar-refractivity contribution in [2.75, 3.05) is 13.1 Å². The number of aromatic nitrogens is 1. The maximum atomic E-state index is 5.84. The second-order valence-electron chi connectivity index (χ2n) is 2.55. The van der Waals surface area contributed by atoms with E-state index in [1.807, 2.05) is 6.07 Å². The molecule has 0 saturated heterocycles. The molecule has 1 rings (SSSR count). The van der Waals surface area contributed by atoms with Crippen LogP contribution in [0.4, 0.5) is 0 Å². The summed E-state index contributed by atoms with van der Waals surface area (Å²) in [4.78, 5) is 3.91. The molecule has 0 amide bonds. The maximum Gasteiger partial charge on any atom is 0.135 e. The van der Waals surface area contributed by atoms with Gasteiger partial charge in [0, 0.05) is 25.2 Å². The lowest BCUT2D eigenvalue weighted by Gasteiger charge is -2.04. The van der Waals surface area contributed by atoms with Gasteiger partial charge < -0.3 is 11.1 Å². The minimum absolute atomic E-state index is 0.410. The third kappa shape index (κ3) is 3.48. The summed E-state index contributed by atoms with van der Waals surface area (Å²) in [5.41, 5.74) is 6.25. The average molecular weight is 220 g/mol. The SMILES string of the molecule is NCCNCc1ccc(Cl)nc1Cl. The topological polar surface area (TPSA) is 50.9 Å². The number of hydrogen-bond donors (Lipinski definition) is 2. The number of nitrogens with zero attached hydrogens (tertiary/aromatic N) is 1. The molecule has 72 valence electrons. The number of halogens is 2. The maximum absolute atomic E-state index is 5.84. The molecule has 0 aliphatic rings. The molecule has 0 spiro atoms. The summed E-state index contributed by atoms with van der Waals surface area (Å²) in [6.07, 6.45) is 0. The van der Waals surface area contributed by atoms with Crippen molar-refractivity contribution in [2.24, 2.45) is 5.73 Å². The van der Waals surface area contributed by atoms with Crippen molar-refractivity contribution < 1.29 is 0 Å². The fourth-order valence-corrected chi connectivity index (χ4v) is 1.31. The van der Waals surface area contributed by atoms with Gasteiger partial charge in [-0.05, 0) is 6.07 Å². The molecular formula is C8H11Cl2N3. The third-order valence-corrected chi connectivity index (χ3v) is 2.07. The second kappa shape index (κ2) is 5.40. The van der Waals surface area contributed by atoms with E-state index in [1.165, 1.54) is 0 Å². The van der Waals surface area contributed by atoms with Gasteiger partial charge in [0.1, 0.15) is 10.3 Å². The van der Waals surface area contributed by atoms with E-state index in [4.69, 9.17) is 28.9 Å². The Morgan fingerprint density at radius 3 is 2.77 bits per heavy atom. The Morgan fingerprint density at radius 2 is 2.15 bits per heavy atom. The van der Waals surface area contributed by atoms with Gasteiger partial charge in [-0.3, -0.25) is 0 Å². The first-order valence-corrected chi connectivity index (χ1v) is 4.71. The normalized spacial score (nSPS) is 10.4. The van der Waals surface area contributed by atoms with Gasteiger partial charge in [0.25, 0.3) is 0 Å². The molecule has 0 aliphatic carbocycles. The zero-order chi connectivity index (χ0) is 9.68. The van der Waals surface area contributed by atoms with E-state index >= 15 is 0 Å². The number of hydrogen-bond acceptors (Lipinski definition) is 3. The molecule has 13 heavy (non-hydrogen) atoms. The van der Waals surface area contributed by atoms with E-state index in [-0.39, 0.29) is 0 Å². The van der Waals surface area contributed by atoms with Crippen LogP contribution in [0.25, 0.3) is 0 Å². The molecule has 0 aromatic carbocycles. The van der Waals surface area contributed by atoms with Crippen LogP contribution in [0.1, 0.15) is 5.56 Å². The molecule has 1 aromatic rings. The molecule has 0 bridgehead atoms. The summed E-state index contributed by atoms with van der Waals surface area (Å²) in [6, 6.07) is 3.56. The summed E-state index contributed by atoms with van der Waals surface area (Å²) < 4.78 is 0. The zero-order valence-corrected chi connectivity index (χ0v) is 8.57. The summed E-state index contributed by atoms with van der Waals surface area (Å²) in [5, 5.41) is 3.97. The summed E-state index contributed by atoms with van der Waals surface area (Å²) in [7, 11) is 0. The van der Waals surface area contributed by atoms with Crippen LogP contribution in [0.5, 0.6) is 0 Å². The average Bonchev–Trinajstić information content (AvgIpc) is 2.09. The van der Waals surface area contributed by atoms with Gasteiger partial charge in [0.2, 0.25) is 0 Å². The summed E-state index contributed by atoms with van der Waals surface area (Å²) in [6.45, 7) is 2.04. The van der Waals surface area contributed by atoms with Gasteiger partial charge in [-0.15, -0.1) is 0 Å². The largest absolute Gasteiger partial charge is 0.329 e. The van der Waals surface area contributed by atoms with Crippen molar-refractivity contribution in [3.63, 3.8) is 0 Å². The molecular weight excluding hydrogens is 209 g/mol. The summed E-state index contributed by atoms with van der Waals surface area (Å²) >= 11 is 11.5. The van der Waals surface area contributed by atoms with Crippen LogP contribution in [0, 0.1) is 0 Å². The van der Waals surface area contributed by atoms with Gasteiger partial charge in [-0.25, -0.2) is 4.98 Å². The quantitative estimate of drug-likeness (QED) is 0.596. The molecule has 3 nitrogen and oxygen atoms in total. The molecule has 1 aromatic heterocycles. The Balaban J connectivity index is 2.56. The van der Waals surface area contributed by atoms with E-state index in [1.54, 1.807) is 6.07 Å². The van der Waals surface area contributed by atoms with Crippen LogP contribution < -0.4 is 11.1 Å². The highest BCUT2D eigenvalue weighted by Crippen LogP contribution is 2.15. The van der Waals surface area contributed by atoms with Gasteiger partial charge >= 0.3 is 0 Å². The van der Waals surface area contributed by atoms with Crippen molar-refractivity contribution >= 4 is 23.2 Å². The van der Waals surface area contributed by atoms with Crippen LogP contribution in [0.3, 0.4) is 0 Å². The van der Waals surface area contributed by atoms with Crippen molar-refractivity contribution in [3.8, 4) is 0 Å². The Labute approximate surface area is 87.2 Å². The molecule has 0 aliphatic heterocycles. The Morgan fingerprint density at radius 1 is 1.38 bits per heavy atom. The lowest BCUT2D eigenvalue weighted by atomic mass is 10.3. The highest BCUT2D eigenvalue weighted by Gasteiger charge is 2.01. The van der Waals surface area contributed by atoms with Crippen LogP contribution in [-0.2, 0) is 6.54 Å². The Hall–Kier alpha value is -0.350. The molecule has 0 saturated carbocycles. The number of pyridine rings is 1. The lowest BCUT2D eigenvalue weighted by molar-refractivity contribution is 0.693. The lowest BCUT2D eigenvalue weighted by Crippen LogP contribution is -2.22. The highest BCUT2D eigenvalue weighted by molar-refractivity contribution is 6.32. The number of nitrogens with two attached hydrogens (primary N) is 1.